The SMILES string of the molecule is O=C(O)c1ccc(C(O)Cc2ccccc2Cl)o1. The van der Waals surface area contributed by atoms with E-state index in [0.717, 1.165) is 5.56 Å². The van der Waals surface area contributed by atoms with Crippen LogP contribution in [0, 0.1) is 0 Å². The predicted octanol–water partition coefficient (Wildman–Crippen LogP) is 2.91. The summed E-state index contributed by atoms with van der Waals surface area (Å²) in [4.78, 5) is 10.7. The molecule has 2 N–H and O–H groups in total. The molecule has 1 atom stereocenters. The number of aromatic carboxylic acids is 1. The highest BCUT2D eigenvalue weighted by Gasteiger charge is 2.16. The van der Waals surface area contributed by atoms with Gasteiger partial charge in [0.2, 0.25) is 5.76 Å². The number of aliphatic hydroxyl groups is 1. The largest absolute Gasteiger partial charge is 0.475 e. The van der Waals surface area contributed by atoms with Crippen molar-refractivity contribution in [2.24, 2.45) is 0 Å². The van der Waals surface area contributed by atoms with Gasteiger partial charge in [0, 0.05) is 11.4 Å². The van der Waals surface area contributed by atoms with E-state index in [9.17, 15) is 9.90 Å². The summed E-state index contributed by atoms with van der Waals surface area (Å²) in [6.07, 6.45) is -0.648. The van der Waals surface area contributed by atoms with Crippen molar-refractivity contribution in [2.75, 3.05) is 0 Å². The molecule has 4 nitrogen and oxygen atoms in total. The molecule has 5 heteroatoms. The molecule has 1 aromatic heterocycles. The van der Waals surface area contributed by atoms with Crippen molar-refractivity contribution in [3.05, 3.63) is 58.5 Å². The van der Waals surface area contributed by atoms with Gasteiger partial charge >= 0.3 is 5.97 Å². The maximum Gasteiger partial charge on any atom is 0.371 e. The van der Waals surface area contributed by atoms with Gasteiger partial charge in [-0.05, 0) is 23.8 Å². The summed E-state index contributed by atoms with van der Waals surface area (Å²) in [5.41, 5.74) is 0.778. The highest BCUT2D eigenvalue weighted by Crippen LogP contribution is 2.24. The van der Waals surface area contributed by atoms with Gasteiger partial charge in [-0.15, -0.1) is 0 Å². The van der Waals surface area contributed by atoms with E-state index in [-0.39, 0.29) is 17.9 Å². The van der Waals surface area contributed by atoms with Crippen LogP contribution in [-0.2, 0) is 6.42 Å². The first-order valence-corrected chi connectivity index (χ1v) is 5.70. The topological polar surface area (TPSA) is 70.7 Å². The molecule has 2 aromatic rings. The lowest BCUT2D eigenvalue weighted by Gasteiger charge is -2.09. The Balaban J connectivity index is 2.14. The number of hydrogen-bond donors (Lipinski definition) is 2. The van der Waals surface area contributed by atoms with Crippen LogP contribution in [0.2, 0.25) is 5.02 Å². The number of furan rings is 1. The number of carboxylic acids is 1. The normalized spacial score (nSPS) is 12.3. The molecular formula is C13H11ClO4. The Kier molecular flexibility index (Phi) is 3.69. The van der Waals surface area contributed by atoms with Crippen LogP contribution in [0.25, 0.3) is 0 Å². The predicted molar refractivity (Wildman–Crippen MR) is 65.8 cm³/mol. The van der Waals surface area contributed by atoms with Crippen LogP contribution in [0.15, 0.2) is 40.8 Å². The number of rotatable bonds is 4. The maximum absolute atomic E-state index is 10.7. The summed E-state index contributed by atoms with van der Waals surface area (Å²) in [5, 5.41) is 19.2. The smallest absolute Gasteiger partial charge is 0.371 e. The van der Waals surface area contributed by atoms with E-state index in [2.05, 4.69) is 0 Å². The molecule has 0 bridgehead atoms. The van der Waals surface area contributed by atoms with E-state index < -0.39 is 12.1 Å². The third-order valence-electron chi connectivity index (χ3n) is 2.54. The zero-order chi connectivity index (χ0) is 13.1. The summed E-state index contributed by atoms with van der Waals surface area (Å²) in [7, 11) is 0. The molecule has 94 valence electrons. The number of carboxylic acid groups (broad SMARTS) is 1. The minimum atomic E-state index is -1.16. The van der Waals surface area contributed by atoms with Crippen LogP contribution in [0.3, 0.4) is 0 Å². The van der Waals surface area contributed by atoms with Crippen LogP contribution in [0.5, 0.6) is 0 Å². The Hall–Kier alpha value is -1.78. The highest BCUT2D eigenvalue weighted by atomic mass is 35.5. The number of aliphatic hydroxyl groups excluding tert-OH is 1. The van der Waals surface area contributed by atoms with E-state index in [1.165, 1.54) is 12.1 Å². The van der Waals surface area contributed by atoms with E-state index in [1.807, 2.05) is 6.07 Å². The second-order valence-electron chi connectivity index (χ2n) is 3.82. The molecule has 0 amide bonds. The third-order valence-corrected chi connectivity index (χ3v) is 2.91. The Morgan fingerprint density at radius 1 is 1.28 bits per heavy atom. The first kappa shape index (κ1) is 12.7. The molecule has 0 saturated heterocycles. The van der Waals surface area contributed by atoms with Crippen molar-refractivity contribution in [1.82, 2.24) is 0 Å². The van der Waals surface area contributed by atoms with Gasteiger partial charge in [-0.3, -0.25) is 0 Å². The van der Waals surface area contributed by atoms with E-state index >= 15 is 0 Å². The van der Waals surface area contributed by atoms with Crippen LogP contribution in [0.4, 0.5) is 0 Å². The Labute approximate surface area is 108 Å². The molecule has 0 fully saturated rings. The Morgan fingerprint density at radius 2 is 2.00 bits per heavy atom. The van der Waals surface area contributed by atoms with Crippen LogP contribution >= 0.6 is 11.6 Å². The molecule has 18 heavy (non-hydrogen) atoms. The van der Waals surface area contributed by atoms with Crippen molar-refractivity contribution in [1.29, 1.82) is 0 Å². The lowest BCUT2D eigenvalue weighted by atomic mass is 10.1. The minimum Gasteiger partial charge on any atom is -0.475 e. The average molecular weight is 267 g/mol. The summed E-state index contributed by atoms with van der Waals surface area (Å²) in [6, 6.07) is 9.91. The molecule has 0 spiro atoms. The fourth-order valence-electron chi connectivity index (χ4n) is 1.62. The molecule has 1 unspecified atom stereocenters. The van der Waals surface area contributed by atoms with E-state index in [1.54, 1.807) is 18.2 Å². The standard InChI is InChI=1S/C13H11ClO4/c14-9-4-2-1-3-8(9)7-10(15)11-5-6-12(18-11)13(16)17/h1-6,10,15H,7H2,(H,16,17). The molecule has 0 saturated carbocycles. The fraction of sp³-hybridized carbons (Fsp3) is 0.154. The van der Waals surface area contributed by atoms with Crippen molar-refractivity contribution >= 4 is 17.6 Å². The Bertz CT molecular complexity index is 562. The highest BCUT2D eigenvalue weighted by molar-refractivity contribution is 6.31. The number of benzene rings is 1. The van der Waals surface area contributed by atoms with Crippen LogP contribution < -0.4 is 0 Å². The van der Waals surface area contributed by atoms with Gasteiger partial charge in [0.25, 0.3) is 0 Å². The molecule has 2 rings (SSSR count). The summed E-state index contributed by atoms with van der Waals surface area (Å²) < 4.78 is 5.03. The van der Waals surface area contributed by atoms with E-state index in [0.29, 0.717) is 5.02 Å². The molecule has 0 aliphatic rings. The molecule has 0 aliphatic carbocycles. The molecule has 0 aliphatic heterocycles. The van der Waals surface area contributed by atoms with Gasteiger partial charge in [0.1, 0.15) is 11.9 Å². The van der Waals surface area contributed by atoms with E-state index in [4.69, 9.17) is 21.1 Å². The zero-order valence-electron chi connectivity index (χ0n) is 9.34. The van der Waals surface area contributed by atoms with Crippen molar-refractivity contribution in [2.45, 2.75) is 12.5 Å². The fourth-order valence-corrected chi connectivity index (χ4v) is 1.83. The second kappa shape index (κ2) is 5.25. The number of hydrogen-bond acceptors (Lipinski definition) is 3. The zero-order valence-corrected chi connectivity index (χ0v) is 10.1. The van der Waals surface area contributed by atoms with Crippen LogP contribution in [-0.4, -0.2) is 16.2 Å². The Morgan fingerprint density at radius 3 is 2.61 bits per heavy atom. The molecule has 1 heterocycles. The van der Waals surface area contributed by atoms with Gasteiger partial charge in [0.15, 0.2) is 0 Å². The molecular weight excluding hydrogens is 256 g/mol. The van der Waals surface area contributed by atoms with Gasteiger partial charge in [-0.2, -0.15) is 0 Å². The number of carbonyl (C=O) groups is 1. The molecule has 1 aromatic carbocycles. The van der Waals surface area contributed by atoms with Crippen molar-refractivity contribution < 1.29 is 19.4 Å². The minimum absolute atomic E-state index is 0.191. The van der Waals surface area contributed by atoms with Gasteiger partial charge in [0.05, 0.1) is 0 Å². The lowest BCUT2D eigenvalue weighted by molar-refractivity contribution is 0.0651. The van der Waals surface area contributed by atoms with Crippen LogP contribution in [0.1, 0.15) is 28.0 Å². The summed E-state index contributed by atoms with van der Waals surface area (Å²) in [5.74, 6) is -1.14. The summed E-state index contributed by atoms with van der Waals surface area (Å²) >= 11 is 5.98. The van der Waals surface area contributed by atoms with Crippen molar-refractivity contribution in [3.63, 3.8) is 0 Å². The first-order valence-electron chi connectivity index (χ1n) is 5.32. The quantitative estimate of drug-likeness (QED) is 0.893. The average Bonchev–Trinajstić information content (AvgIpc) is 2.81. The van der Waals surface area contributed by atoms with Gasteiger partial charge in [-0.25, -0.2) is 4.79 Å². The van der Waals surface area contributed by atoms with Gasteiger partial charge in [-0.1, -0.05) is 29.8 Å². The maximum atomic E-state index is 10.7. The third kappa shape index (κ3) is 2.72. The monoisotopic (exact) mass is 266 g/mol. The van der Waals surface area contributed by atoms with Gasteiger partial charge < -0.3 is 14.6 Å². The van der Waals surface area contributed by atoms with Crippen molar-refractivity contribution in [3.8, 4) is 0 Å². The lowest BCUT2D eigenvalue weighted by Crippen LogP contribution is -2.01. The summed E-state index contributed by atoms with van der Waals surface area (Å²) in [6.45, 7) is 0. The molecule has 0 radical (unpaired) electrons. The second-order valence-corrected chi connectivity index (χ2v) is 4.23. The number of halogens is 1. The first-order chi connectivity index (χ1) is 8.58.